The van der Waals surface area contributed by atoms with Crippen LogP contribution in [-0.2, 0) is 33.5 Å². The van der Waals surface area contributed by atoms with Crippen LogP contribution in [0, 0.1) is 0 Å². The molecule has 0 aliphatic carbocycles. The Bertz CT molecular complexity index is 806. The molecule has 0 radical (unpaired) electrons. The topological polar surface area (TPSA) is 84.5 Å². The lowest BCUT2D eigenvalue weighted by Crippen LogP contribution is -2.38. The third-order valence-corrected chi connectivity index (χ3v) is 4.42. The predicted octanol–water partition coefficient (Wildman–Crippen LogP) is 3.00. The summed E-state index contributed by atoms with van der Waals surface area (Å²) in [5.74, 6) is 0.324. The van der Waals surface area contributed by atoms with Crippen molar-refractivity contribution >= 4 is 23.1 Å². The molecule has 1 N–H and O–H groups in total. The molecular formula is C20H27N3O4. The Labute approximate surface area is 159 Å². The number of imidazole rings is 1. The van der Waals surface area contributed by atoms with Crippen LogP contribution in [0.2, 0.25) is 0 Å². The SMILES string of the molecule is CCOC(=O)Cc1nc2cc3c(cc2[nH]1)CCN(C(=O)OC(C)(C)C)CC3. The van der Waals surface area contributed by atoms with Gasteiger partial charge in [-0.2, -0.15) is 0 Å². The molecule has 27 heavy (non-hydrogen) atoms. The molecule has 7 heteroatoms. The number of nitrogens with one attached hydrogen (secondary N) is 1. The zero-order valence-electron chi connectivity index (χ0n) is 16.4. The van der Waals surface area contributed by atoms with Gasteiger partial charge in [0.1, 0.15) is 17.8 Å². The fourth-order valence-corrected chi connectivity index (χ4v) is 3.23. The van der Waals surface area contributed by atoms with Crippen LogP contribution >= 0.6 is 0 Å². The van der Waals surface area contributed by atoms with Crippen LogP contribution in [0.15, 0.2) is 12.1 Å². The number of aromatic nitrogens is 2. The van der Waals surface area contributed by atoms with Crippen molar-refractivity contribution in [3.63, 3.8) is 0 Å². The highest BCUT2D eigenvalue weighted by Crippen LogP contribution is 2.23. The lowest BCUT2D eigenvalue weighted by atomic mass is 10.0. The van der Waals surface area contributed by atoms with Crippen molar-refractivity contribution in [3.05, 3.63) is 29.1 Å². The molecule has 0 saturated carbocycles. The summed E-state index contributed by atoms with van der Waals surface area (Å²) < 4.78 is 10.5. The molecule has 146 valence electrons. The minimum atomic E-state index is -0.495. The van der Waals surface area contributed by atoms with Crippen molar-refractivity contribution in [1.29, 1.82) is 0 Å². The number of nitrogens with zero attached hydrogens (tertiary/aromatic N) is 2. The first-order valence-corrected chi connectivity index (χ1v) is 9.39. The highest BCUT2D eigenvalue weighted by atomic mass is 16.6. The number of carbonyl (C=O) groups excluding carboxylic acids is 2. The van der Waals surface area contributed by atoms with Crippen LogP contribution in [0.4, 0.5) is 4.79 Å². The van der Waals surface area contributed by atoms with Gasteiger partial charge >= 0.3 is 12.1 Å². The molecule has 1 amide bonds. The maximum Gasteiger partial charge on any atom is 0.410 e. The lowest BCUT2D eigenvalue weighted by Gasteiger charge is -2.26. The summed E-state index contributed by atoms with van der Waals surface area (Å²) in [6.45, 7) is 9.01. The van der Waals surface area contributed by atoms with Crippen LogP contribution in [0.1, 0.15) is 44.6 Å². The van der Waals surface area contributed by atoms with E-state index in [0.717, 1.165) is 23.9 Å². The van der Waals surface area contributed by atoms with Crippen molar-refractivity contribution in [3.8, 4) is 0 Å². The molecule has 0 spiro atoms. The predicted molar refractivity (Wildman–Crippen MR) is 102 cm³/mol. The first-order valence-electron chi connectivity index (χ1n) is 9.39. The van der Waals surface area contributed by atoms with E-state index < -0.39 is 5.60 Å². The molecule has 1 aliphatic heterocycles. The molecule has 1 aliphatic rings. The average Bonchev–Trinajstić information content (AvgIpc) is 2.80. The smallest absolute Gasteiger partial charge is 0.410 e. The number of H-pyrrole nitrogens is 1. The molecule has 1 aromatic heterocycles. The van der Waals surface area contributed by atoms with Crippen molar-refractivity contribution in [2.75, 3.05) is 19.7 Å². The van der Waals surface area contributed by atoms with Gasteiger partial charge in [0.05, 0.1) is 17.6 Å². The van der Waals surface area contributed by atoms with Gasteiger partial charge in [-0.25, -0.2) is 9.78 Å². The Morgan fingerprint density at radius 1 is 1.19 bits per heavy atom. The summed E-state index contributed by atoms with van der Waals surface area (Å²) in [6.07, 6.45) is 1.39. The summed E-state index contributed by atoms with van der Waals surface area (Å²) >= 11 is 0. The van der Waals surface area contributed by atoms with E-state index in [1.807, 2.05) is 20.8 Å². The second kappa shape index (κ2) is 7.58. The van der Waals surface area contributed by atoms with Crippen LogP contribution in [0.3, 0.4) is 0 Å². The van der Waals surface area contributed by atoms with Gasteiger partial charge in [-0.3, -0.25) is 4.79 Å². The molecule has 0 saturated heterocycles. The van der Waals surface area contributed by atoms with E-state index >= 15 is 0 Å². The normalized spacial score (nSPS) is 14.6. The maximum absolute atomic E-state index is 12.3. The van der Waals surface area contributed by atoms with E-state index in [-0.39, 0.29) is 18.5 Å². The summed E-state index contributed by atoms with van der Waals surface area (Å²) in [5, 5.41) is 0. The lowest BCUT2D eigenvalue weighted by molar-refractivity contribution is -0.142. The fourth-order valence-electron chi connectivity index (χ4n) is 3.23. The average molecular weight is 373 g/mol. The Morgan fingerprint density at radius 2 is 1.85 bits per heavy atom. The molecule has 0 atom stereocenters. The molecule has 0 bridgehead atoms. The summed E-state index contributed by atoms with van der Waals surface area (Å²) in [4.78, 5) is 33.5. The van der Waals surface area contributed by atoms with E-state index in [2.05, 4.69) is 22.1 Å². The van der Waals surface area contributed by atoms with Gasteiger partial charge in [0.15, 0.2) is 0 Å². The van der Waals surface area contributed by atoms with Crippen LogP contribution in [-0.4, -0.2) is 52.2 Å². The number of hydrogen-bond acceptors (Lipinski definition) is 5. The van der Waals surface area contributed by atoms with Crippen molar-refractivity contribution < 1.29 is 19.1 Å². The van der Waals surface area contributed by atoms with Crippen LogP contribution in [0.5, 0.6) is 0 Å². The molecule has 0 unspecified atom stereocenters. The highest BCUT2D eigenvalue weighted by Gasteiger charge is 2.24. The van der Waals surface area contributed by atoms with Crippen LogP contribution < -0.4 is 0 Å². The number of esters is 1. The summed E-state index contributed by atoms with van der Waals surface area (Å²) in [5.41, 5.74) is 3.62. The van der Waals surface area contributed by atoms with Gasteiger partial charge in [-0.15, -0.1) is 0 Å². The molecule has 2 heterocycles. The van der Waals surface area contributed by atoms with E-state index in [0.29, 0.717) is 25.5 Å². The Balaban J connectivity index is 1.74. The molecule has 0 fully saturated rings. The molecular weight excluding hydrogens is 346 g/mol. The first kappa shape index (κ1) is 19.2. The number of ether oxygens (including phenoxy) is 2. The monoisotopic (exact) mass is 373 g/mol. The Hall–Kier alpha value is -2.57. The van der Waals surface area contributed by atoms with Gasteiger partial charge in [0.25, 0.3) is 0 Å². The Kier molecular flexibility index (Phi) is 5.39. The third-order valence-electron chi connectivity index (χ3n) is 4.42. The number of hydrogen-bond donors (Lipinski definition) is 1. The number of rotatable bonds is 3. The van der Waals surface area contributed by atoms with Gasteiger partial charge in [0, 0.05) is 13.1 Å². The highest BCUT2D eigenvalue weighted by molar-refractivity contribution is 5.79. The van der Waals surface area contributed by atoms with Crippen molar-refractivity contribution in [1.82, 2.24) is 14.9 Å². The third kappa shape index (κ3) is 4.78. The van der Waals surface area contributed by atoms with Gasteiger partial charge in [-0.05, 0) is 63.8 Å². The van der Waals surface area contributed by atoms with E-state index in [9.17, 15) is 9.59 Å². The largest absolute Gasteiger partial charge is 0.466 e. The summed E-state index contributed by atoms with van der Waals surface area (Å²) in [6, 6.07) is 4.12. The molecule has 3 rings (SSSR count). The number of carbonyl (C=O) groups is 2. The van der Waals surface area contributed by atoms with E-state index in [1.54, 1.807) is 11.8 Å². The van der Waals surface area contributed by atoms with E-state index in [4.69, 9.17) is 9.47 Å². The first-order chi connectivity index (χ1) is 12.7. The standard InChI is InChI=1S/C20H27N3O4/c1-5-26-18(24)12-17-21-15-10-13-6-8-23(19(25)27-20(2,3)4)9-7-14(13)11-16(15)22-17/h10-11H,5-9,12H2,1-4H3,(H,21,22). The van der Waals surface area contributed by atoms with Gasteiger partial charge < -0.3 is 19.4 Å². The van der Waals surface area contributed by atoms with Crippen molar-refractivity contribution in [2.24, 2.45) is 0 Å². The van der Waals surface area contributed by atoms with Crippen LogP contribution in [0.25, 0.3) is 11.0 Å². The van der Waals surface area contributed by atoms with Crippen molar-refractivity contribution in [2.45, 2.75) is 52.6 Å². The number of benzene rings is 1. The molecule has 1 aromatic carbocycles. The second-order valence-corrected chi connectivity index (χ2v) is 7.77. The number of fused-ring (bicyclic) bond motifs is 2. The second-order valence-electron chi connectivity index (χ2n) is 7.77. The minimum Gasteiger partial charge on any atom is -0.466 e. The zero-order valence-corrected chi connectivity index (χ0v) is 16.4. The molecule has 7 nitrogen and oxygen atoms in total. The quantitative estimate of drug-likeness (QED) is 0.836. The molecule has 2 aromatic rings. The van der Waals surface area contributed by atoms with Gasteiger partial charge in [0.2, 0.25) is 0 Å². The zero-order chi connectivity index (χ0) is 19.6. The number of aromatic amines is 1. The summed E-state index contributed by atoms with van der Waals surface area (Å²) in [7, 11) is 0. The fraction of sp³-hybridized carbons (Fsp3) is 0.550. The number of amides is 1. The van der Waals surface area contributed by atoms with Gasteiger partial charge in [-0.1, -0.05) is 0 Å². The maximum atomic E-state index is 12.3. The Morgan fingerprint density at radius 3 is 2.48 bits per heavy atom. The van der Waals surface area contributed by atoms with E-state index in [1.165, 1.54) is 11.1 Å². The minimum absolute atomic E-state index is 0.139.